The first kappa shape index (κ1) is 13.7. The topological polar surface area (TPSA) is 58.4 Å². The Bertz CT molecular complexity index is 387. The van der Waals surface area contributed by atoms with Gasteiger partial charge < -0.3 is 5.11 Å². The van der Waals surface area contributed by atoms with Gasteiger partial charge in [-0.1, -0.05) is 6.92 Å². The first-order chi connectivity index (χ1) is 7.99. The molecule has 1 aromatic heterocycles. The minimum atomic E-state index is -0.800. The number of hydrogen-bond acceptors (Lipinski definition) is 3. The van der Waals surface area contributed by atoms with E-state index >= 15 is 0 Å². The van der Waals surface area contributed by atoms with Gasteiger partial charge in [0.15, 0.2) is 0 Å². The number of aromatic nitrogens is 2. The van der Waals surface area contributed by atoms with Crippen molar-refractivity contribution in [3.05, 3.63) is 17.5 Å². The van der Waals surface area contributed by atoms with E-state index in [1.807, 2.05) is 23.6 Å². The van der Waals surface area contributed by atoms with Crippen molar-refractivity contribution in [1.29, 1.82) is 0 Å². The van der Waals surface area contributed by atoms with E-state index in [0.29, 0.717) is 6.54 Å². The second kappa shape index (κ2) is 5.82. The number of nitrogens with zero attached hydrogens (tertiary/aromatic N) is 3. The number of rotatable bonds is 6. The molecule has 96 valence electrons. The summed E-state index contributed by atoms with van der Waals surface area (Å²) in [7, 11) is 1.82. The predicted molar refractivity (Wildman–Crippen MR) is 65.8 cm³/mol. The van der Waals surface area contributed by atoms with E-state index in [1.54, 1.807) is 6.92 Å². The molecule has 0 bridgehead atoms. The van der Waals surface area contributed by atoms with E-state index in [2.05, 4.69) is 18.1 Å². The summed E-state index contributed by atoms with van der Waals surface area (Å²) in [6.45, 7) is 7.21. The molecule has 0 radical (unpaired) electrons. The van der Waals surface area contributed by atoms with Crippen molar-refractivity contribution in [2.45, 2.75) is 46.3 Å². The first-order valence-electron chi connectivity index (χ1n) is 5.98. The van der Waals surface area contributed by atoms with Crippen molar-refractivity contribution < 1.29 is 9.90 Å². The summed E-state index contributed by atoms with van der Waals surface area (Å²) >= 11 is 0. The zero-order chi connectivity index (χ0) is 13.0. The van der Waals surface area contributed by atoms with Crippen molar-refractivity contribution in [2.75, 3.05) is 7.05 Å². The Hall–Kier alpha value is -1.36. The number of aliphatic carboxylic acids is 1. The third-order valence-electron chi connectivity index (χ3n) is 3.01. The lowest BCUT2D eigenvalue weighted by atomic mass is 10.2. The molecule has 1 aromatic rings. The molecule has 17 heavy (non-hydrogen) atoms. The average molecular weight is 239 g/mol. The fourth-order valence-corrected chi connectivity index (χ4v) is 1.67. The van der Waals surface area contributed by atoms with Crippen LogP contribution in [0.2, 0.25) is 0 Å². The highest BCUT2D eigenvalue weighted by Crippen LogP contribution is 2.10. The van der Waals surface area contributed by atoms with Gasteiger partial charge in [-0.2, -0.15) is 5.10 Å². The van der Waals surface area contributed by atoms with E-state index in [0.717, 1.165) is 24.4 Å². The molecular weight excluding hydrogens is 218 g/mol. The number of carboxylic acid groups (broad SMARTS) is 1. The van der Waals surface area contributed by atoms with E-state index < -0.39 is 12.0 Å². The Morgan fingerprint density at radius 1 is 1.59 bits per heavy atom. The lowest BCUT2D eigenvalue weighted by Gasteiger charge is -2.21. The van der Waals surface area contributed by atoms with Crippen LogP contribution >= 0.6 is 0 Å². The Labute approximate surface area is 102 Å². The molecule has 0 aliphatic rings. The average Bonchev–Trinajstić information content (AvgIpc) is 2.70. The fourth-order valence-electron chi connectivity index (χ4n) is 1.67. The summed E-state index contributed by atoms with van der Waals surface area (Å²) in [5.74, 6) is -0.800. The van der Waals surface area contributed by atoms with Gasteiger partial charge in [0.25, 0.3) is 0 Å². The van der Waals surface area contributed by atoms with Crippen LogP contribution in [-0.2, 0) is 24.3 Å². The highest BCUT2D eigenvalue weighted by molar-refractivity contribution is 5.72. The van der Waals surface area contributed by atoms with Crippen LogP contribution in [0.3, 0.4) is 0 Å². The van der Waals surface area contributed by atoms with Crippen LogP contribution in [0.15, 0.2) is 6.07 Å². The molecule has 1 heterocycles. The monoisotopic (exact) mass is 239 g/mol. The van der Waals surface area contributed by atoms with Gasteiger partial charge >= 0.3 is 5.97 Å². The van der Waals surface area contributed by atoms with Gasteiger partial charge in [-0.15, -0.1) is 0 Å². The Balaban J connectivity index is 2.79. The molecule has 0 saturated carbocycles. The molecule has 1 rings (SSSR count). The quantitative estimate of drug-likeness (QED) is 0.814. The van der Waals surface area contributed by atoms with Crippen LogP contribution in [0.5, 0.6) is 0 Å². The third kappa shape index (κ3) is 3.30. The van der Waals surface area contributed by atoms with Crippen LogP contribution in [0.25, 0.3) is 0 Å². The molecule has 0 spiro atoms. The second-order valence-electron chi connectivity index (χ2n) is 4.23. The number of carbonyl (C=O) groups is 1. The first-order valence-corrected chi connectivity index (χ1v) is 5.98. The maximum atomic E-state index is 10.9. The summed E-state index contributed by atoms with van der Waals surface area (Å²) in [5.41, 5.74) is 2.12. The third-order valence-corrected chi connectivity index (χ3v) is 3.01. The van der Waals surface area contributed by atoms with Crippen LogP contribution in [0.1, 0.15) is 32.2 Å². The van der Waals surface area contributed by atoms with Gasteiger partial charge in [-0.3, -0.25) is 14.4 Å². The van der Waals surface area contributed by atoms with Crippen LogP contribution in [-0.4, -0.2) is 38.8 Å². The molecule has 1 unspecified atom stereocenters. The maximum absolute atomic E-state index is 10.9. The Morgan fingerprint density at radius 2 is 2.24 bits per heavy atom. The summed E-state index contributed by atoms with van der Waals surface area (Å²) in [6, 6.07) is 1.56. The summed E-state index contributed by atoms with van der Waals surface area (Å²) in [5, 5.41) is 13.4. The van der Waals surface area contributed by atoms with Gasteiger partial charge in [-0.05, 0) is 33.4 Å². The number of hydrogen-bond donors (Lipinski definition) is 1. The van der Waals surface area contributed by atoms with Gasteiger partial charge in [0, 0.05) is 13.1 Å². The summed E-state index contributed by atoms with van der Waals surface area (Å²) in [6.07, 6.45) is 0.901. The van der Waals surface area contributed by atoms with Crippen LogP contribution in [0, 0.1) is 0 Å². The highest BCUT2D eigenvalue weighted by atomic mass is 16.4. The lowest BCUT2D eigenvalue weighted by molar-refractivity contribution is -0.142. The molecule has 0 fully saturated rings. The largest absolute Gasteiger partial charge is 0.480 e. The smallest absolute Gasteiger partial charge is 0.320 e. The van der Waals surface area contributed by atoms with Gasteiger partial charge in [0.1, 0.15) is 6.04 Å². The van der Waals surface area contributed by atoms with E-state index in [1.165, 1.54) is 0 Å². The zero-order valence-corrected chi connectivity index (χ0v) is 11.0. The summed E-state index contributed by atoms with van der Waals surface area (Å²) in [4.78, 5) is 12.7. The second-order valence-corrected chi connectivity index (χ2v) is 4.23. The van der Waals surface area contributed by atoms with E-state index in [9.17, 15) is 4.79 Å². The number of aryl methyl sites for hydroxylation is 2. The molecule has 0 amide bonds. The van der Waals surface area contributed by atoms with Gasteiger partial charge in [-0.25, -0.2) is 0 Å². The van der Waals surface area contributed by atoms with Crippen molar-refractivity contribution in [2.24, 2.45) is 0 Å². The molecule has 0 saturated heterocycles. The lowest BCUT2D eigenvalue weighted by Crippen LogP contribution is -2.35. The van der Waals surface area contributed by atoms with Crippen LogP contribution < -0.4 is 0 Å². The van der Waals surface area contributed by atoms with Crippen molar-refractivity contribution >= 4 is 5.97 Å². The van der Waals surface area contributed by atoms with Crippen molar-refractivity contribution in [1.82, 2.24) is 14.7 Å². The Morgan fingerprint density at radius 3 is 2.71 bits per heavy atom. The van der Waals surface area contributed by atoms with E-state index in [4.69, 9.17) is 5.11 Å². The van der Waals surface area contributed by atoms with Crippen molar-refractivity contribution in [3.8, 4) is 0 Å². The maximum Gasteiger partial charge on any atom is 0.320 e. The molecule has 5 heteroatoms. The SMILES string of the molecule is CCc1cc(CN(C)C(C)C(=O)O)n(CC)n1. The normalized spacial score (nSPS) is 13.0. The molecule has 1 atom stereocenters. The molecular formula is C12H21N3O2. The number of likely N-dealkylation sites (N-methyl/N-ethyl adjacent to an activating group) is 1. The Kier molecular flexibility index (Phi) is 4.69. The molecule has 0 aromatic carbocycles. The minimum Gasteiger partial charge on any atom is -0.480 e. The standard InChI is InChI=1S/C12H21N3O2/c1-5-10-7-11(15(6-2)13-10)8-14(4)9(3)12(16)17/h7,9H,5-6,8H2,1-4H3,(H,16,17). The highest BCUT2D eigenvalue weighted by Gasteiger charge is 2.18. The van der Waals surface area contributed by atoms with E-state index in [-0.39, 0.29) is 0 Å². The molecule has 5 nitrogen and oxygen atoms in total. The number of carboxylic acids is 1. The zero-order valence-electron chi connectivity index (χ0n) is 11.0. The molecule has 0 aliphatic carbocycles. The van der Waals surface area contributed by atoms with Gasteiger partial charge in [0.05, 0.1) is 11.4 Å². The molecule has 0 aliphatic heterocycles. The molecule has 1 N–H and O–H groups in total. The van der Waals surface area contributed by atoms with Crippen LogP contribution in [0.4, 0.5) is 0 Å². The minimum absolute atomic E-state index is 0.486. The van der Waals surface area contributed by atoms with Gasteiger partial charge in [0.2, 0.25) is 0 Å². The fraction of sp³-hybridized carbons (Fsp3) is 0.667. The van der Waals surface area contributed by atoms with Crippen molar-refractivity contribution in [3.63, 3.8) is 0 Å². The summed E-state index contributed by atoms with van der Waals surface area (Å²) < 4.78 is 1.93. The predicted octanol–water partition coefficient (Wildman–Crippen LogP) is 1.37.